The molecule has 2 aromatic carbocycles. The molecule has 7 heteroatoms. The summed E-state index contributed by atoms with van der Waals surface area (Å²) in [6.45, 7) is 1.90. The summed E-state index contributed by atoms with van der Waals surface area (Å²) in [7, 11) is 1.54. The lowest BCUT2D eigenvalue weighted by Gasteiger charge is -2.10. The monoisotopic (exact) mass is 388 g/mol. The quantitative estimate of drug-likeness (QED) is 0.570. The number of ether oxygens (including phenoxy) is 1. The summed E-state index contributed by atoms with van der Waals surface area (Å²) in [5, 5.41) is 7.25. The molecule has 146 valence electrons. The van der Waals surface area contributed by atoms with Gasteiger partial charge in [-0.3, -0.25) is 9.59 Å². The maximum absolute atomic E-state index is 12.8. The molecule has 0 bridgehead atoms. The number of aryl methyl sites for hydroxylation is 1. The van der Waals surface area contributed by atoms with E-state index < -0.39 is 0 Å². The van der Waals surface area contributed by atoms with Crippen molar-refractivity contribution >= 4 is 17.1 Å². The molecule has 0 spiro atoms. The Kier molecular flexibility index (Phi) is 4.87. The predicted octanol–water partition coefficient (Wildman–Crippen LogP) is 3.12. The molecule has 0 radical (unpaired) electrons. The molecule has 2 heterocycles. The van der Waals surface area contributed by atoms with Crippen LogP contribution in [0.4, 0.5) is 5.69 Å². The minimum atomic E-state index is -0.320. The largest absolute Gasteiger partial charge is 0.495 e. The number of anilines is 1. The summed E-state index contributed by atoms with van der Waals surface area (Å²) in [5.41, 5.74) is 3.47. The van der Waals surface area contributed by atoms with E-state index in [0.29, 0.717) is 22.6 Å². The van der Waals surface area contributed by atoms with Crippen LogP contribution in [0, 0.1) is 6.92 Å². The highest BCUT2D eigenvalue weighted by molar-refractivity contribution is 5.92. The molecule has 2 aromatic heterocycles. The second-order valence-corrected chi connectivity index (χ2v) is 6.71. The normalized spacial score (nSPS) is 10.8. The molecule has 0 aliphatic rings. The van der Waals surface area contributed by atoms with Crippen molar-refractivity contribution in [3.63, 3.8) is 0 Å². The number of methoxy groups -OCH3 is 1. The van der Waals surface area contributed by atoms with Crippen LogP contribution in [0.2, 0.25) is 0 Å². The van der Waals surface area contributed by atoms with Gasteiger partial charge in [0, 0.05) is 18.0 Å². The number of aromatic nitrogens is 3. The van der Waals surface area contributed by atoms with Crippen molar-refractivity contribution in [1.82, 2.24) is 14.2 Å². The number of carbonyl (C=O) groups is 1. The Hall–Kier alpha value is -3.87. The van der Waals surface area contributed by atoms with E-state index >= 15 is 0 Å². The third kappa shape index (κ3) is 3.75. The van der Waals surface area contributed by atoms with Gasteiger partial charge in [-0.25, -0.2) is 4.52 Å². The lowest BCUT2D eigenvalue weighted by atomic mass is 10.1. The first-order valence-electron chi connectivity index (χ1n) is 9.14. The van der Waals surface area contributed by atoms with Gasteiger partial charge < -0.3 is 14.6 Å². The Morgan fingerprint density at radius 3 is 2.62 bits per heavy atom. The van der Waals surface area contributed by atoms with E-state index in [9.17, 15) is 9.59 Å². The Labute approximate surface area is 167 Å². The molecule has 0 saturated heterocycles. The van der Waals surface area contributed by atoms with Gasteiger partial charge in [-0.2, -0.15) is 5.10 Å². The summed E-state index contributed by atoms with van der Waals surface area (Å²) >= 11 is 0. The van der Waals surface area contributed by atoms with Gasteiger partial charge in [0.25, 0.3) is 5.56 Å². The van der Waals surface area contributed by atoms with Crippen molar-refractivity contribution in [2.45, 2.75) is 13.5 Å². The molecule has 4 aromatic rings. The summed E-state index contributed by atoms with van der Waals surface area (Å²) in [6.07, 6.45) is 3.23. The Morgan fingerprint density at radius 2 is 1.86 bits per heavy atom. The molecule has 0 atom stereocenters. The minimum absolute atomic E-state index is 0.113. The minimum Gasteiger partial charge on any atom is -0.495 e. The van der Waals surface area contributed by atoms with E-state index in [2.05, 4.69) is 10.4 Å². The molecule has 0 fully saturated rings. The number of hydrogen-bond acceptors (Lipinski definition) is 4. The molecule has 1 amide bonds. The third-order valence-corrected chi connectivity index (χ3v) is 4.65. The van der Waals surface area contributed by atoms with Gasteiger partial charge in [0.1, 0.15) is 17.8 Å². The molecule has 0 saturated carbocycles. The number of nitrogens with one attached hydrogen (secondary N) is 1. The van der Waals surface area contributed by atoms with Gasteiger partial charge in [0.15, 0.2) is 0 Å². The number of hydrogen-bond donors (Lipinski definition) is 1. The van der Waals surface area contributed by atoms with Crippen molar-refractivity contribution in [3.8, 4) is 17.0 Å². The maximum Gasteiger partial charge on any atom is 0.277 e. The number of carbonyl (C=O) groups excluding carboxylic acids is 1. The molecular formula is C22H20N4O3. The van der Waals surface area contributed by atoms with Gasteiger partial charge in [0.2, 0.25) is 5.91 Å². The van der Waals surface area contributed by atoms with E-state index in [0.717, 1.165) is 11.1 Å². The van der Waals surface area contributed by atoms with Crippen molar-refractivity contribution in [2.75, 3.05) is 12.4 Å². The van der Waals surface area contributed by atoms with E-state index in [-0.39, 0.29) is 18.0 Å². The third-order valence-electron chi connectivity index (χ3n) is 4.65. The van der Waals surface area contributed by atoms with Crippen molar-refractivity contribution in [3.05, 3.63) is 82.9 Å². The highest BCUT2D eigenvalue weighted by atomic mass is 16.5. The summed E-state index contributed by atoms with van der Waals surface area (Å²) in [6, 6.07) is 16.8. The van der Waals surface area contributed by atoms with E-state index in [1.165, 1.54) is 16.2 Å². The first-order chi connectivity index (χ1) is 14.0. The summed E-state index contributed by atoms with van der Waals surface area (Å²) in [5.74, 6) is 0.237. The predicted molar refractivity (Wildman–Crippen MR) is 111 cm³/mol. The highest BCUT2D eigenvalue weighted by Crippen LogP contribution is 2.23. The molecule has 1 N–H and O–H groups in total. The molecule has 7 nitrogen and oxygen atoms in total. The van der Waals surface area contributed by atoms with Gasteiger partial charge in [-0.1, -0.05) is 42.0 Å². The van der Waals surface area contributed by atoms with Crippen LogP contribution >= 0.6 is 0 Å². The molecular weight excluding hydrogens is 368 g/mol. The van der Waals surface area contributed by atoms with Gasteiger partial charge in [-0.15, -0.1) is 0 Å². The average Bonchev–Trinajstić information content (AvgIpc) is 3.16. The second-order valence-electron chi connectivity index (χ2n) is 6.71. The van der Waals surface area contributed by atoms with Crippen LogP contribution in [-0.4, -0.2) is 27.2 Å². The molecule has 0 unspecified atom stereocenters. The van der Waals surface area contributed by atoms with Crippen LogP contribution in [-0.2, 0) is 11.3 Å². The lowest BCUT2D eigenvalue weighted by molar-refractivity contribution is -0.116. The van der Waals surface area contributed by atoms with E-state index in [4.69, 9.17) is 4.74 Å². The van der Waals surface area contributed by atoms with Crippen LogP contribution in [0.1, 0.15) is 5.56 Å². The average molecular weight is 388 g/mol. The fourth-order valence-electron chi connectivity index (χ4n) is 3.11. The summed E-state index contributed by atoms with van der Waals surface area (Å²) < 4.78 is 8.13. The molecule has 0 aliphatic heterocycles. The zero-order valence-corrected chi connectivity index (χ0v) is 16.1. The number of fused-ring (bicyclic) bond motifs is 1. The van der Waals surface area contributed by atoms with Crippen LogP contribution in [0.25, 0.3) is 16.8 Å². The van der Waals surface area contributed by atoms with Gasteiger partial charge >= 0.3 is 0 Å². The van der Waals surface area contributed by atoms with Crippen molar-refractivity contribution < 1.29 is 9.53 Å². The SMILES string of the molecule is COc1ccccc1NC(=O)Cn1ccn2nc(-c3ccc(C)cc3)cc2c1=O. The maximum atomic E-state index is 12.8. The van der Waals surface area contributed by atoms with Crippen LogP contribution in [0.5, 0.6) is 5.75 Å². The number of nitrogens with zero attached hydrogens (tertiary/aromatic N) is 3. The summed E-state index contributed by atoms with van der Waals surface area (Å²) in [4.78, 5) is 25.3. The van der Waals surface area contributed by atoms with Crippen LogP contribution < -0.4 is 15.6 Å². The topological polar surface area (TPSA) is 77.6 Å². The first-order valence-corrected chi connectivity index (χ1v) is 9.14. The Morgan fingerprint density at radius 1 is 1.10 bits per heavy atom. The lowest BCUT2D eigenvalue weighted by Crippen LogP contribution is -2.28. The Balaban J connectivity index is 1.59. The smallest absolute Gasteiger partial charge is 0.277 e. The van der Waals surface area contributed by atoms with Crippen LogP contribution in [0.3, 0.4) is 0 Å². The first kappa shape index (κ1) is 18.5. The molecule has 4 rings (SSSR count). The number of amides is 1. The Bertz CT molecular complexity index is 1240. The molecule has 0 aliphatic carbocycles. The second kappa shape index (κ2) is 7.63. The standard InChI is InChI=1S/C22H20N4O3/c1-15-7-9-16(10-8-15)18-13-19-22(28)25(11-12-26(19)24-18)14-21(27)23-17-5-3-4-6-20(17)29-2/h3-13H,14H2,1-2H3,(H,23,27). The zero-order chi connectivity index (χ0) is 20.4. The van der Waals surface area contributed by atoms with Gasteiger partial charge in [-0.05, 0) is 25.1 Å². The van der Waals surface area contributed by atoms with Crippen molar-refractivity contribution in [2.24, 2.45) is 0 Å². The number of para-hydroxylation sites is 2. The van der Waals surface area contributed by atoms with E-state index in [1.54, 1.807) is 36.7 Å². The number of rotatable bonds is 5. The van der Waals surface area contributed by atoms with E-state index in [1.807, 2.05) is 37.3 Å². The van der Waals surface area contributed by atoms with Crippen molar-refractivity contribution in [1.29, 1.82) is 0 Å². The fraction of sp³-hybridized carbons (Fsp3) is 0.136. The van der Waals surface area contributed by atoms with Crippen LogP contribution in [0.15, 0.2) is 71.8 Å². The molecule has 29 heavy (non-hydrogen) atoms. The number of benzene rings is 2. The van der Waals surface area contributed by atoms with Gasteiger partial charge in [0.05, 0.1) is 18.5 Å². The zero-order valence-electron chi connectivity index (χ0n) is 16.1. The highest BCUT2D eigenvalue weighted by Gasteiger charge is 2.12. The fourth-order valence-corrected chi connectivity index (χ4v) is 3.11.